The van der Waals surface area contributed by atoms with Gasteiger partial charge < -0.3 is 9.30 Å². The van der Waals surface area contributed by atoms with Crippen molar-refractivity contribution in [3.8, 4) is 0 Å². The fourth-order valence-corrected chi connectivity index (χ4v) is 3.39. The lowest BCUT2D eigenvalue weighted by Gasteiger charge is -2.30. The highest BCUT2D eigenvalue weighted by molar-refractivity contribution is 6.33. The molecular weight excluding hydrogens is 274 g/mol. The Balaban J connectivity index is 2.29. The maximum absolute atomic E-state index is 12.2. The number of carbonyl (C=O) groups excluding carboxylic acids is 1. The highest BCUT2D eigenvalue weighted by Gasteiger charge is 2.26. The first kappa shape index (κ1) is 15.6. The van der Waals surface area contributed by atoms with E-state index in [4.69, 9.17) is 16.3 Å². The molecule has 2 unspecified atom stereocenters. The molecule has 1 aromatic heterocycles. The van der Waals surface area contributed by atoms with Crippen LogP contribution >= 0.6 is 11.6 Å². The van der Waals surface area contributed by atoms with Gasteiger partial charge in [-0.2, -0.15) is 0 Å². The third-order valence-corrected chi connectivity index (χ3v) is 4.66. The first-order valence-corrected chi connectivity index (χ1v) is 7.81. The summed E-state index contributed by atoms with van der Waals surface area (Å²) in [5.74, 6) is 0.634. The van der Waals surface area contributed by atoms with E-state index in [0.29, 0.717) is 12.0 Å². The van der Waals surface area contributed by atoms with Gasteiger partial charge in [0.15, 0.2) is 5.78 Å². The summed E-state index contributed by atoms with van der Waals surface area (Å²) >= 11 is 5.95. The Morgan fingerprint density at radius 3 is 2.50 bits per heavy atom. The summed E-state index contributed by atoms with van der Waals surface area (Å²) < 4.78 is 7.73. The first-order valence-electron chi connectivity index (χ1n) is 7.38. The second-order valence-electron chi connectivity index (χ2n) is 5.83. The van der Waals surface area contributed by atoms with Gasteiger partial charge in [0.1, 0.15) is 0 Å². The van der Waals surface area contributed by atoms with Crippen LogP contribution in [0.4, 0.5) is 0 Å². The van der Waals surface area contributed by atoms with E-state index < -0.39 is 5.38 Å². The monoisotopic (exact) mass is 297 g/mol. The number of aromatic nitrogens is 1. The van der Waals surface area contributed by atoms with Gasteiger partial charge in [-0.3, -0.25) is 4.79 Å². The molecule has 20 heavy (non-hydrogen) atoms. The van der Waals surface area contributed by atoms with Crippen LogP contribution in [0.25, 0.3) is 0 Å². The Hall–Kier alpha value is -0.800. The highest BCUT2D eigenvalue weighted by atomic mass is 35.5. The van der Waals surface area contributed by atoms with Crippen LogP contribution in [0.5, 0.6) is 0 Å². The number of ketones is 1. The Morgan fingerprint density at radius 1 is 1.35 bits per heavy atom. The molecule has 0 saturated carbocycles. The molecule has 0 aliphatic carbocycles. The van der Waals surface area contributed by atoms with Gasteiger partial charge in [0.25, 0.3) is 0 Å². The normalized spacial score (nSPS) is 19.9. The molecule has 1 saturated heterocycles. The van der Waals surface area contributed by atoms with Crippen LogP contribution in [-0.4, -0.2) is 28.9 Å². The maximum atomic E-state index is 12.2. The molecule has 4 heteroatoms. The average molecular weight is 298 g/mol. The molecule has 2 atom stereocenters. The number of aryl methyl sites for hydroxylation is 1. The fraction of sp³-hybridized carbons (Fsp3) is 0.688. The van der Waals surface area contributed by atoms with E-state index in [9.17, 15) is 4.79 Å². The van der Waals surface area contributed by atoms with Crippen molar-refractivity contribution in [1.29, 1.82) is 0 Å². The molecule has 1 aromatic rings. The SMILES string of the molecule is Cc1cc(C(=O)C(C)Cl)c(C)n1C(C)C1CCOCC1. The van der Waals surface area contributed by atoms with Gasteiger partial charge >= 0.3 is 0 Å². The predicted octanol–water partition coefficient (Wildman–Crippen LogP) is 3.90. The van der Waals surface area contributed by atoms with Gasteiger partial charge in [-0.25, -0.2) is 0 Å². The van der Waals surface area contributed by atoms with Crippen LogP contribution < -0.4 is 0 Å². The Bertz CT molecular complexity index is 487. The zero-order valence-electron chi connectivity index (χ0n) is 12.8. The lowest BCUT2D eigenvalue weighted by molar-refractivity contribution is 0.0508. The summed E-state index contributed by atoms with van der Waals surface area (Å²) in [5.41, 5.74) is 2.95. The molecule has 3 nitrogen and oxygen atoms in total. The molecule has 0 spiro atoms. The van der Waals surface area contributed by atoms with E-state index in [1.807, 2.05) is 13.0 Å². The average Bonchev–Trinajstić information content (AvgIpc) is 2.73. The fourth-order valence-electron chi connectivity index (χ4n) is 3.28. The van der Waals surface area contributed by atoms with E-state index in [2.05, 4.69) is 18.4 Å². The zero-order valence-corrected chi connectivity index (χ0v) is 13.5. The van der Waals surface area contributed by atoms with Crippen molar-refractivity contribution in [2.75, 3.05) is 13.2 Å². The van der Waals surface area contributed by atoms with Crippen molar-refractivity contribution in [1.82, 2.24) is 4.57 Å². The molecule has 0 N–H and O–H groups in total. The second-order valence-corrected chi connectivity index (χ2v) is 6.48. The van der Waals surface area contributed by atoms with Crippen LogP contribution in [0.3, 0.4) is 0 Å². The van der Waals surface area contributed by atoms with Crippen LogP contribution in [0.15, 0.2) is 6.07 Å². The van der Waals surface area contributed by atoms with Gasteiger partial charge in [-0.1, -0.05) is 0 Å². The molecule has 2 rings (SSSR count). The quantitative estimate of drug-likeness (QED) is 0.623. The smallest absolute Gasteiger partial charge is 0.182 e. The van der Waals surface area contributed by atoms with Crippen molar-refractivity contribution in [2.45, 2.75) is 52.0 Å². The van der Waals surface area contributed by atoms with E-state index in [-0.39, 0.29) is 5.78 Å². The number of hydrogen-bond acceptors (Lipinski definition) is 2. The minimum Gasteiger partial charge on any atom is -0.381 e. The van der Waals surface area contributed by atoms with Crippen LogP contribution in [0.1, 0.15) is 54.5 Å². The van der Waals surface area contributed by atoms with Gasteiger partial charge in [-0.15, -0.1) is 11.6 Å². The number of rotatable bonds is 4. The second kappa shape index (κ2) is 6.31. The molecule has 1 fully saturated rings. The summed E-state index contributed by atoms with van der Waals surface area (Å²) in [6.45, 7) is 9.76. The number of alkyl halides is 1. The lowest BCUT2D eigenvalue weighted by Crippen LogP contribution is -2.25. The molecule has 112 valence electrons. The molecule has 0 radical (unpaired) electrons. The number of ether oxygens (including phenoxy) is 1. The van der Waals surface area contributed by atoms with Crippen molar-refractivity contribution in [3.63, 3.8) is 0 Å². The minimum atomic E-state index is -0.470. The van der Waals surface area contributed by atoms with E-state index >= 15 is 0 Å². The third-order valence-electron chi connectivity index (χ3n) is 4.47. The van der Waals surface area contributed by atoms with Crippen molar-refractivity contribution in [3.05, 3.63) is 23.0 Å². The highest BCUT2D eigenvalue weighted by Crippen LogP contribution is 2.31. The summed E-state index contributed by atoms with van der Waals surface area (Å²) in [4.78, 5) is 12.2. The molecule has 0 amide bonds. The van der Waals surface area contributed by atoms with Gasteiger partial charge in [0, 0.05) is 36.2 Å². The minimum absolute atomic E-state index is 0.0187. The summed E-state index contributed by atoms with van der Waals surface area (Å²) in [5, 5.41) is -0.470. The number of Topliss-reactive ketones (excluding diaryl/α,β-unsaturated/α-hetero) is 1. The Kier molecular flexibility index (Phi) is 4.92. The van der Waals surface area contributed by atoms with Crippen LogP contribution in [0, 0.1) is 19.8 Å². The van der Waals surface area contributed by atoms with E-state index in [0.717, 1.165) is 43.0 Å². The number of nitrogens with zero attached hydrogens (tertiary/aromatic N) is 1. The molecule has 2 heterocycles. The standard InChI is InChI=1S/C16H24ClNO2/c1-10-9-15(16(19)11(2)17)13(4)18(10)12(3)14-5-7-20-8-6-14/h9,11-12,14H,5-8H2,1-4H3. The summed E-state index contributed by atoms with van der Waals surface area (Å²) in [7, 11) is 0. The van der Waals surface area contributed by atoms with Gasteiger partial charge in [-0.05, 0) is 52.5 Å². The Labute approximate surface area is 126 Å². The molecule has 0 aromatic carbocycles. The molecule has 0 bridgehead atoms. The third kappa shape index (κ3) is 2.94. The number of hydrogen-bond donors (Lipinski definition) is 0. The number of carbonyl (C=O) groups is 1. The molecule has 1 aliphatic rings. The maximum Gasteiger partial charge on any atom is 0.182 e. The largest absolute Gasteiger partial charge is 0.381 e. The van der Waals surface area contributed by atoms with Gasteiger partial charge in [0.2, 0.25) is 0 Å². The van der Waals surface area contributed by atoms with Crippen molar-refractivity contribution in [2.24, 2.45) is 5.92 Å². The van der Waals surface area contributed by atoms with Crippen molar-refractivity contribution < 1.29 is 9.53 Å². The first-order chi connectivity index (χ1) is 9.43. The van der Waals surface area contributed by atoms with Gasteiger partial charge in [0.05, 0.1) is 5.38 Å². The lowest BCUT2D eigenvalue weighted by atomic mass is 9.92. The van der Waals surface area contributed by atoms with Crippen LogP contribution in [0.2, 0.25) is 0 Å². The molecular formula is C16H24ClNO2. The predicted molar refractivity (Wildman–Crippen MR) is 81.8 cm³/mol. The van der Waals surface area contributed by atoms with E-state index in [1.54, 1.807) is 6.92 Å². The zero-order chi connectivity index (χ0) is 14.9. The van der Waals surface area contributed by atoms with Crippen molar-refractivity contribution >= 4 is 17.4 Å². The summed E-state index contributed by atoms with van der Waals surface area (Å²) in [6, 6.07) is 2.37. The molecule has 1 aliphatic heterocycles. The van der Waals surface area contributed by atoms with Crippen LogP contribution in [-0.2, 0) is 4.74 Å². The topological polar surface area (TPSA) is 31.2 Å². The summed E-state index contributed by atoms with van der Waals surface area (Å²) in [6.07, 6.45) is 2.18. The Morgan fingerprint density at radius 2 is 1.95 bits per heavy atom. The van der Waals surface area contributed by atoms with E-state index in [1.165, 1.54) is 0 Å². The number of halogens is 1.